The van der Waals surface area contributed by atoms with Gasteiger partial charge in [0, 0.05) is 12.1 Å². The predicted molar refractivity (Wildman–Crippen MR) is 87.5 cm³/mol. The third kappa shape index (κ3) is 5.60. The molecule has 1 atom stereocenters. The maximum absolute atomic E-state index is 12.1. The zero-order valence-electron chi connectivity index (χ0n) is 13.3. The van der Waals surface area contributed by atoms with Gasteiger partial charge in [-0.3, -0.25) is 9.69 Å². The first-order chi connectivity index (χ1) is 10.1. The summed E-state index contributed by atoms with van der Waals surface area (Å²) in [7, 11) is 2.04. The van der Waals surface area contributed by atoms with Crippen molar-refractivity contribution < 1.29 is 4.79 Å². The summed E-state index contributed by atoms with van der Waals surface area (Å²) < 4.78 is 0. The molecule has 1 saturated carbocycles. The molecule has 3 heteroatoms. The molecule has 0 amide bonds. The first-order valence-corrected chi connectivity index (χ1v) is 8.14. The molecule has 1 aromatic rings. The van der Waals surface area contributed by atoms with Crippen LogP contribution in [-0.4, -0.2) is 42.9 Å². The molecule has 0 bridgehead atoms. The van der Waals surface area contributed by atoms with E-state index in [1.165, 1.54) is 31.2 Å². The number of benzene rings is 1. The largest absolute Gasteiger partial charge is 0.307 e. The number of likely N-dealkylation sites (N-methyl/N-ethyl adjacent to an activating group) is 1. The lowest BCUT2D eigenvalue weighted by molar-refractivity contribution is -0.119. The molecule has 1 aliphatic rings. The van der Waals surface area contributed by atoms with Crippen molar-refractivity contribution >= 4 is 5.78 Å². The summed E-state index contributed by atoms with van der Waals surface area (Å²) in [5.41, 5.74) is 1.33. The van der Waals surface area contributed by atoms with Gasteiger partial charge in [0.15, 0.2) is 5.78 Å². The summed E-state index contributed by atoms with van der Waals surface area (Å²) in [5, 5.41) is 3.40. The smallest absolute Gasteiger partial charge is 0.160 e. The molecule has 0 aliphatic heterocycles. The molecule has 2 rings (SSSR count). The number of carbonyl (C=O) groups excluding carboxylic acids is 1. The lowest BCUT2D eigenvalue weighted by atomic mass is 10.1. The van der Waals surface area contributed by atoms with Crippen LogP contribution in [0.2, 0.25) is 0 Å². The standard InChI is InChI=1S/C18H28N2O/c1-15(12-16-8-4-3-5-9-16)20(2)14-18(21)13-19-17-10-6-7-11-17/h3-5,8-9,15,17,19H,6-7,10-14H2,1-2H3/t15-/m0/s1. The molecule has 0 heterocycles. The van der Waals surface area contributed by atoms with Crippen LogP contribution in [0.4, 0.5) is 0 Å². The van der Waals surface area contributed by atoms with Crippen molar-refractivity contribution in [2.24, 2.45) is 0 Å². The number of Topliss-reactive ketones (excluding diaryl/α,β-unsaturated/α-hetero) is 1. The number of carbonyl (C=O) groups is 1. The van der Waals surface area contributed by atoms with Crippen LogP contribution >= 0.6 is 0 Å². The van der Waals surface area contributed by atoms with E-state index in [4.69, 9.17) is 0 Å². The molecular weight excluding hydrogens is 260 g/mol. The van der Waals surface area contributed by atoms with Crippen LogP contribution in [0.1, 0.15) is 38.2 Å². The van der Waals surface area contributed by atoms with Gasteiger partial charge < -0.3 is 5.32 Å². The van der Waals surface area contributed by atoms with Gasteiger partial charge in [-0.05, 0) is 38.8 Å². The lowest BCUT2D eigenvalue weighted by Crippen LogP contribution is -2.40. The minimum atomic E-state index is 0.296. The monoisotopic (exact) mass is 288 g/mol. The van der Waals surface area contributed by atoms with E-state index in [0.717, 1.165) is 6.42 Å². The third-order valence-corrected chi connectivity index (χ3v) is 4.50. The fourth-order valence-corrected chi connectivity index (χ4v) is 2.99. The predicted octanol–water partition coefficient (Wildman–Crippen LogP) is 2.65. The highest BCUT2D eigenvalue weighted by Crippen LogP contribution is 2.17. The van der Waals surface area contributed by atoms with Crippen LogP contribution in [0.15, 0.2) is 30.3 Å². The number of rotatable bonds is 8. The van der Waals surface area contributed by atoms with Gasteiger partial charge in [-0.1, -0.05) is 43.2 Å². The van der Waals surface area contributed by atoms with Crippen LogP contribution in [-0.2, 0) is 11.2 Å². The Kier molecular flexibility index (Phi) is 6.40. The van der Waals surface area contributed by atoms with E-state index in [-0.39, 0.29) is 0 Å². The molecule has 1 fully saturated rings. The summed E-state index contributed by atoms with van der Waals surface area (Å²) in [5.74, 6) is 0.296. The van der Waals surface area contributed by atoms with Crippen molar-refractivity contribution in [3.63, 3.8) is 0 Å². The average molecular weight is 288 g/mol. The van der Waals surface area contributed by atoms with Crippen molar-refractivity contribution in [2.75, 3.05) is 20.1 Å². The van der Waals surface area contributed by atoms with Crippen molar-refractivity contribution in [3.8, 4) is 0 Å². The molecule has 0 spiro atoms. The van der Waals surface area contributed by atoms with E-state index < -0.39 is 0 Å². The number of hydrogen-bond acceptors (Lipinski definition) is 3. The zero-order chi connectivity index (χ0) is 15.1. The van der Waals surface area contributed by atoms with Crippen molar-refractivity contribution in [1.82, 2.24) is 10.2 Å². The van der Waals surface area contributed by atoms with Gasteiger partial charge in [0.25, 0.3) is 0 Å². The SMILES string of the molecule is C[C@@H](Cc1ccccc1)N(C)CC(=O)CNC1CCCC1. The zero-order valence-corrected chi connectivity index (χ0v) is 13.3. The molecule has 0 radical (unpaired) electrons. The Morgan fingerprint density at radius 1 is 1.29 bits per heavy atom. The minimum Gasteiger partial charge on any atom is -0.307 e. The van der Waals surface area contributed by atoms with Gasteiger partial charge in [0.1, 0.15) is 0 Å². The second-order valence-corrected chi connectivity index (χ2v) is 6.35. The summed E-state index contributed by atoms with van der Waals surface area (Å²) in [4.78, 5) is 14.2. The number of hydrogen-bond donors (Lipinski definition) is 1. The van der Waals surface area contributed by atoms with Gasteiger partial charge in [0.2, 0.25) is 0 Å². The number of nitrogens with one attached hydrogen (secondary N) is 1. The third-order valence-electron chi connectivity index (χ3n) is 4.50. The average Bonchev–Trinajstić information content (AvgIpc) is 2.99. The maximum atomic E-state index is 12.1. The van der Waals surface area contributed by atoms with Crippen LogP contribution in [0.5, 0.6) is 0 Å². The van der Waals surface area contributed by atoms with Gasteiger partial charge >= 0.3 is 0 Å². The van der Waals surface area contributed by atoms with Crippen LogP contribution in [0.3, 0.4) is 0 Å². The minimum absolute atomic E-state index is 0.296. The molecule has 0 unspecified atom stereocenters. The second-order valence-electron chi connectivity index (χ2n) is 6.35. The molecule has 1 N–H and O–H groups in total. The first-order valence-electron chi connectivity index (χ1n) is 8.14. The lowest BCUT2D eigenvalue weighted by Gasteiger charge is -2.24. The molecular formula is C18H28N2O. The van der Waals surface area contributed by atoms with Crippen LogP contribution < -0.4 is 5.32 Å². The van der Waals surface area contributed by atoms with Gasteiger partial charge in [0.05, 0.1) is 13.1 Å². The van der Waals surface area contributed by atoms with E-state index in [9.17, 15) is 4.79 Å². The maximum Gasteiger partial charge on any atom is 0.160 e. The van der Waals surface area contributed by atoms with Gasteiger partial charge in [-0.2, -0.15) is 0 Å². The highest BCUT2D eigenvalue weighted by Gasteiger charge is 2.17. The van der Waals surface area contributed by atoms with E-state index in [1.54, 1.807) is 0 Å². The van der Waals surface area contributed by atoms with E-state index in [1.807, 2.05) is 13.1 Å². The van der Waals surface area contributed by atoms with E-state index in [2.05, 4.69) is 41.4 Å². The Morgan fingerprint density at radius 3 is 2.62 bits per heavy atom. The quantitative estimate of drug-likeness (QED) is 0.798. The molecule has 1 aliphatic carbocycles. The Morgan fingerprint density at radius 2 is 1.95 bits per heavy atom. The molecule has 21 heavy (non-hydrogen) atoms. The Balaban J connectivity index is 1.69. The Labute approximate surface area is 128 Å². The number of ketones is 1. The fourth-order valence-electron chi connectivity index (χ4n) is 2.99. The highest BCUT2D eigenvalue weighted by molar-refractivity contribution is 5.82. The van der Waals surface area contributed by atoms with E-state index >= 15 is 0 Å². The topological polar surface area (TPSA) is 32.3 Å². The summed E-state index contributed by atoms with van der Waals surface area (Å²) in [6, 6.07) is 11.4. The molecule has 3 nitrogen and oxygen atoms in total. The summed E-state index contributed by atoms with van der Waals surface area (Å²) >= 11 is 0. The van der Waals surface area contributed by atoms with Crippen molar-refractivity contribution in [3.05, 3.63) is 35.9 Å². The Hall–Kier alpha value is -1.19. The van der Waals surface area contributed by atoms with Crippen molar-refractivity contribution in [1.29, 1.82) is 0 Å². The number of nitrogens with zero attached hydrogens (tertiary/aromatic N) is 1. The van der Waals surface area contributed by atoms with Crippen LogP contribution in [0, 0.1) is 0 Å². The second kappa shape index (κ2) is 8.30. The Bertz CT molecular complexity index is 426. The van der Waals surface area contributed by atoms with Crippen LogP contribution in [0.25, 0.3) is 0 Å². The summed E-state index contributed by atoms with van der Waals surface area (Å²) in [6.07, 6.45) is 6.06. The van der Waals surface area contributed by atoms with Gasteiger partial charge in [-0.15, -0.1) is 0 Å². The fraction of sp³-hybridized carbons (Fsp3) is 0.611. The molecule has 116 valence electrons. The van der Waals surface area contributed by atoms with Gasteiger partial charge in [-0.25, -0.2) is 0 Å². The summed E-state index contributed by atoms with van der Waals surface area (Å²) in [6.45, 7) is 3.24. The van der Waals surface area contributed by atoms with E-state index in [0.29, 0.717) is 31.0 Å². The molecule has 0 aromatic heterocycles. The molecule has 1 aromatic carbocycles. The highest BCUT2D eigenvalue weighted by atomic mass is 16.1. The normalized spacial score (nSPS) is 17.3. The van der Waals surface area contributed by atoms with Crippen molar-refractivity contribution in [2.45, 2.75) is 51.1 Å². The molecule has 0 saturated heterocycles. The first kappa shape index (κ1) is 16.2.